The fraction of sp³-hybridized carbons (Fsp3) is 0.688. The Kier molecular flexibility index (Phi) is 5.27. The van der Waals surface area contributed by atoms with Gasteiger partial charge in [-0.15, -0.1) is 0 Å². The van der Waals surface area contributed by atoms with Gasteiger partial charge < -0.3 is 10.2 Å². The number of anilines is 1. The summed E-state index contributed by atoms with van der Waals surface area (Å²) in [6, 6.07) is 0. The number of rotatable bonds is 6. The highest BCUT2D eigenvalue weighted by molar-refractivity contribution is 6.28. The highest BCUT2D eigenvalue weighted by atomic mass is 35.5. The molecule has 1 aliphatic rings. The van der Waals surface area contributed by atoms with Gasteiger partial charge in [-0.25, -0.2) is 9.97 Å². The van der Waals surface area contributed by atoms with Crippen molar-refractivity contribution in [1.29, 1.82) is 0 Å². The number of carbonyl (C=O) groups excluding carboxylic acids is 1. The Morgan fingerprint density at radius 2 is 2.00 bits per heavy atom. The predicted octanol–water partition coefficient (Wildman–Crippen LogP) is 2.75. The molecule has 0 atom stereocenters. The van der Waals surface area contributed by atoms with Crippen molar-refractivity contribution in [3.05, 3.63) is 16.5 Å². The minimum absolute atomic E-state index is 0.00943. The van der Waals surface area contributed by atoms with Crippen LogP contribution in [0.5, 0.6) is 0 Å². The number of likely N-dealkylation sites (N-methyl/N-ethyl adjacent to an activating group) is 1. The van der Waals surface area contributed by atoms with Gasteiger partial charge in [0.2, 0.25) is 11.2 Å². The molecule has 1 aliphatic carbocycles. The molecule has 0 aromatic carbocycles. The Hall–Kier alpha value is -1.36. The zero-order valence-electron chi connectivity index (χ0n) is 13.9. The van der Waals surface area contributed by atoms with E-state index in [2.05, 4.69) is 36.1 Å². The molecule has 0 fully saturated rings. The van der Waals surface area contributed by atoms with E-state index in [1.807, 2.05) is 11.9 Å². The number of aryl methyl sites for hydroxylation is 1. The molecule has 0 bridgehead atoms. The first kappa shape index (κ1) is 17.0. The third kappa shape index (κ3) is 3.69. The topological polar surface area (TPSA) is 58.1 Å². The van der Waals surface area contributed by atoms with E-state index >= 15 is 0 Å². The van der Waals surface area contributed by atoms with Gasteiger partial charge in [0, 0.05) is 18.2 Å². The summed E-state index contributed by atoms with van der Waals surface area (Å²) >= 11 is 6.01. The van der Waals surface area contributed by atoms with E-state index in [4.69, 9.17) is 11.6 Å². The molecule has 0 radical (unpaired) electrons. The number of hydrogen-bond acceptors (Lipinski definition) is 4. The van der Waals surface area contributed by atoms with Gasteiger partial charge in [0.05, 0.1) is 12.2 Å². The van der Waals surface area contributed by atoms with Crippen molar-refractivity contribution in [1.82, 2.24) is 15.3 Å². The molecule has 6 heteroatoms. The number of fused-ring (bicyclic) bond motifs is 1. The average molecular weight is 325 g/mol. The van der Waals surface area contributed by atoms with Gasteiger partial charge in [-0.3, -0.25) is 4.79 Å². The van der Waals surface area contributed by atoms with Crippen LogP contribution in [0.25, 0.3) is 0 Å². The zero-order valence-corrected chi connectivity index (χ0v) is 14.6. The molecule has 0 saturated heterocycles. The fourth-order valence-electron chi connectivity index (χ4n) is 2.79. The summed E-state index contributed by atoms with van der Waals surface area (Å²) in [5.74, 6) is 0.799. The van der Waals surface area contributed by atoms with E-state index in [9.17, 15) is 4.79 Å². The molecule has 1 N–H and O–H groups in total. The summed E-state index contributed by atoms with van der Waals surface area (Å²) < 4.78 is 0. The van der Waals surface area contributed by atoms with Gasteiger partial charge in [-0.2, -0.15) is 0 Å². The van der Waals surface area contributed by atoms with Gasteiger partial charge in [0.15, 0.2) is 0 Å². The van der Waals surface area contributed by atoms with Crippen LogP contribution >= 0.6 is 11.6 Å². The highest BCUT2D eigenvalue weighted by Gasteiger charge is 2.25. The number of nitrogens with one attached hydrogen (secondary N) is 1. The maximum Gasteiger partial charge on any atom is 0.239 e. The maximum atomic E-state index is 12.3. The third-order valence-electron chi connectivity index (χ3n) is 4.63. The summed E-state index contributed by atoms with van der Waals surface area (Å²) in [5, 5.41) is 3.38. The molecule has 0 spiro atoms. The first-order valence-electron chi connectivity index (χ1n) is 7.96. The molecule has 1 aromatic rings. The summed E-state index contributed by atoms with van der Waals surface area (Å²) in [5.41, 5.74) is 2.01. The number of halogens is 1. The Morgan fingerprint density at radius 3 is 2.64 bits per heavy atom. The summed E-state index contributed by atoms with van der Waals surface area (Å²) in [4.78, 5) is 22.8. The Labute approximate surface area is 137 Å². The number of hydrogen-bond donors (Lipinski definition) is 1. The quantitative estimate of drug-likeness (QED) is 0.817. The molecule has 2 rings (SSSR count). The van der Waals surface area contributed by atoms with Crippen molar-refractivity contribution in [3.63, 3.8) is 0 Å². The molecule has 122 valence electrons. The van der Waals surface area contributed by atoms with E-state index in [-0.39, 0.29) is 23.3 Å². The van der Waals surface area contributed by atoms with Crippen LogP contribution in [0, 0.1) is 0 Å². The van der Waals surface area contributed by atoms with Crippen LogP contribution in [0.4, 0.5) is 5.82 Å². The van der Waals surface area contributed by atoms with E-state index < -0.39 is 0 Å². The highest BCUT2D eigenvalue weighted by Crippen LogP contribution is 2.29. The average Bonchev–Trinajstić information content (AvgIpc) is 2.93. The first-order chi connectivity index (χ1) is 10.4. The van der Waals surface area contributed by atoms with Crippen LogP contribution in [0.1, 0.15) is 51.3 Å². The van der Waals surface area contributed by atoms with Gasteiger partial charge >= 0.3 is 0 Å². The molecule has 5 nitrogen and oxygen atoms in total. The van der Waals surface area contributed by atoms with E-state index in [0.717, 1.165) is 49.2 Å². The lowest BCUT2D eigenvalue weighted by molar-refractivity contribution is -0.121. The zero-order chi connectivity index (χ0) is 16.3. The number of carbonyl (C=O) groups is 1. The molecule has 22 heavy (non-hydrogen) atoms. The molecular formula is C16H25ClN4O. The maximum absolute atomic E-state index is 12.3. The first-order valence-corrected chi connectivity index (χ1v) is 8.33. The van der Waals surface area contributed by atoms with Crippen molar-refractivity contribution in [2.24, 2.45) is 0 Å². The van der Waals surface area contributed by atoms with Crippen LogP contribution in [-0.2, 0) is 17.6 Å². The largest absolute Gasteiger partial charge is 0.350 e. The molecule has 0 aliphatic heterocycles. The number of nitrogens with zero attached hydrogens (tertiary/aromatic N) is 3. The molecule has 0 saturated carbocycles. The third-order valence-corrected chi connectivity index (χ3v) is 4.80. The molecule has 1 heterocycles. The summed E-state index contributed by atoms with van der Waals surface area (Å²) in [6.07, 6.45) is 4.78. The standard InChI is InChI=1S/C16H25ClN4O/c1-5-16(3,6-2)20-13(22)10-21(4)14-11-8-7-9-12(11)18-15(17)19-14/h5-10H2,1-4H3,(H,20,22). The van der Waals surface area contributed by atoms with Gasteiger partial charge in [0.25, 0.3) is 0 Å². The smallest absolute Gasteiger partial charge is 0.239 e. The monoisotopic (exact) mass is 324 g/mol. The Balaban J connectivity index is 2.10. The normalized spacial score (nSPS) is 13.9. The lowest BCUT2D eigenvalue weighted by Gasteiger charge is -2.30. The van der Waals surface area contributed by atoms with Crippen molar-refractivity contribution in [2.75, 3.05) is 18.5 Å². The molecular weight excluding hydrogens is 300 g/mol. The number of amides is 1. The van der Waals surface area contributed by atoms with Gasteiger partial charge in [0.1, 0.15) is 5.82 Å². The SMILES string of the molecule is CCC(C)(CC)NC(=O)CN(C)c1nc(Cl)nc2c1CCC2. The van der Waals surface area contributed by atoms with E-state index in [0.29, 0.717) is 0 Å². The van der Waals surface area contributed by atoms with Crippen LogP contribution in [-0.4, -0.2) is 35.0 Å². The lowest BCUT2D eigenvalue weighted by Crippen LogP contribution is -2.48. The molecule has 1 amide bonds. The van der Waals surface area contributed by atoms with Crippen LogP contribution in [0.2, 0.25) is 5.28 Å². The minimum atomic E-state index is -0.150. The minimum Gasteiger partial charge on any atom is -0.350 e. The predicted molar refractivity (Wildman–Crippen MR) is 89.5 cm³/mol. The van der Waals surface area contributed by atoms with Crippen LogP contribution < -0.4 is 10.2 Å². The van der Waals surface area contributed by atoms with Crippen molar-refractivity contribution in [2.45, 2.75) is 58.4 Å². The molecule has 0 unspecified atom stereocenters. The Bertz CT molecular complexity index is 557. The second-order valence-electron chi connectivity index (χ2n) is 6.27. The lowest BCUT2D eigenvalue weighted by atomic mass is 9.95. The number of aromatic nitrogens is 2. The second kappa shape index (κ2) is 6.82. The second-order valence-corrected chi connectivity index (χ2v) is 6.61. The Morgan fingerprint density at radius 1 is 1.32 bits per heavy atom. The van der Waals surface area contributed by atoms with E-state index in [1.165, 1.54) is 0 Å². The van der Waals surface area contributed by atoms with Gasteiger partial charge in [-0.1, -0.05) is 13.8 Å². The summed E-state index contributed by atoms with van der Waals surface area (Å²) in [6.45, 7) is 6.52. The van der Waals surface area contributed by atoms with Crippen molar-refractivity contribution in [3.8, 4) is 0 Å². The van der Waals surface area contributed by atoms with Crippen molar-refractivity contribution < 1.29 is 4.79 Å². The molecule has 1 aromatic heterocycles. The summed E-state index contributed by atoms with van der Waals surface area (Å²) in [7, 11) is 1.88. The van der Waals surface area contributed by atoms with Gasteiger partial charge in [-0.05, 0) is 50.6 Å². The van der Waals surface area contributed by atoms with Crippen molar-refractivity contribution >= 4 is 23.3 Å². The fourth-order valence-corrected chi connectivity index (χ4v) is 2.97. The van der Waals surface area contributed by atoms with Crippen LogP contribution in [0.3, 0.4) is 0 Å². The van der Waals surface area contributed by atoms with E-state index in [1.54, 1.807) is 0 Å². The van der Waals surface area contributed by atoms with Crippen LogP contribution in [0.15, 0.2) is 0 Å².